The molecule has 2 aromatic rings. The minimum Gasteiger partial charge on any atom is -0.478 e. The summed E-state index contributed by atoms with van der Waals surface area (Å²) in [6.07, 6.45) is 1.83. The van der Waals surface area contributed by atoms with Crippen molar-refractivity contribution in [2.75, 3.05) is 0 Å². The van der Waals surface area contributed by atoms with Gasteiger partial charge in [-0.3, -0.25) is 4.79 Å². The first-order chi connectivity index (χ1) is 10.0. The van der Waals surface area contributed by atoms with Gasteiger partial charge in [0.25, 0.3) is 0 Å². The number of hydrogen-bond donors (Lipinski definition) is 1. The summed E-state index contributed by atoms with van der Waals surface area (Å²) in [6.45, 7) is 0. The summed E-state index contributed by atoms with van der Waals surface area (Å²) in [5.74, 6) is -0.245. The fourth-order valence-corrected chi connectivity index (χ4v) is 1.83. The van der Waals surface area contributed by atoms with Crippen LogP contribution in [0.1, 0.15) is 10.4 Å². The number of benzene rings is 2. The summed E-state index contributed by atoms with van der Waals surface area (Å²) >= 11 is 3.34. The first-order valence-corrected chi connectivity index (χ1v) is 6.83. The van der Waals surface area contributed by atoms with Crippen LogP contribution in [0.5, 0.6) is 11.5 Å². The second-order valence-electron chi connectivity index (χ2n) is 4.12. The second-order valence-corrected chi connectivity index (χ2v) is 5.03. The van der Waals surface area contributed by atoms with Gasteiger partial charge in [0.1, 0.15) is 11.5 Å². The number of carboxylic acids is 1. The van der Waals surface area contributed by atoms with Crippen LogP contribution in [0.2, 0.25) is 0 Å². The molecule has 2 aromatic carbocycles. The SMILES string of the molecule is O=C(O)C=CC(=O)c1ccc(Oc2ccc(Br)cc2)cc1. The van der Waals surface area contributed by atoms with Crippen molar-refractivity contribution in [1.29, 1.82) is 0 Å². The maximum atomic E-state index is 11.7. The van der Waals surface area contributed by atoms with Crippen LogP contribution in [-0.4, -0.2) is 16.9 Å². The molecular weight excluding hydrogens is 336 g/mol. The van der Waals surface area contributed by atoms with Crippen molar-refractivity contribution in [3.8, 4) is 11.5 Å². The summed E-state index contributed by atoms with van der Waals surface area (Å²) in [5.41, 5.74) is 0.399. The lowest BCUT2D eigenvalue weighted by Gasteiger charge is -2.06. The van der Waals surface area contributed by atoms with E-state index in [0.29, 0.717) is 17.1 Å². The third-order valence-corrected chi connectivity index (χ3v) is 3.09. The van der Waals surface area contributed by atoms with Gasteiger partial charge in [0, 0.05) is 16.1 Å². The largest absolute Gasteiger partial charge is 0.478 e. The van der Waals surface area contributed by atoms with Gasteiger partial charge in [0.15, 0.2) is 5.78 Å². The lowest BCUT2D eigenvalue weighted by Crippen LogP contribution is -1.96. The number of hydrogen-bond acceptors (Lipinski definition) is 3. The topological polar surface area (TPSA) is 63.6 Å². The Balaban J connectivity index is 2.06. The molecule has 0 aliphatic heterocycles. The van der Waals surface area contributed by atoms with Crippen molar-refractivity contribution in [1.82, 2.24) is 0 Å². The Morgan fingerprint density at radius 1 is 0.905 bits per heavy atom. The highest BCUT2D eigenvalue weighted by Gasteiger charge is 2.03. The molecule has 106 valence electrons. The van der Waals surface area contributed by atoms with Crippen molar-refractivity contribution in [2.24, 2.45) is 0 Å². The maximum Gasteiger partial charge on any atom is 0.328 e. The molecule has 0 saturated carbocycles. The van der Waals surface area contributed by atoms with E-state index in [2.05, 4.69) is 15.9 Å². The van der Waals surface area contributed by atoms with E-state index in [1.165, 1.54) is 0 Å². The summed E-state index contributed by atoms with van der Waals surface area (Å²) < 4.78 is 6.58. The van der Waals surface area contributed by atoms with E-state index in [1.54, 1.807) is 24.3 Å². The van der Waals surface area contributed by atoms with Gasteiger partial charge in [-0.1, -0.05) is 15.9 Å². The van der Waals surface area contributed by atoms with Crippen LogP contribution in [0, 0.1) is 0 Å². The average molecular weight is 347 g/mol. The smallest absolute Gasteiger partial charge is 0.328 e. The Bertz CT molecular complexity index is 672. The van der Waals surface area contributed by atoms with Gasteiger partial charge in [-0.05, 0) is 54.6 Å². The predicted octanol–water partition coefficient (Wildman–Crippen LogP) is 4.06. The Hall–Kier alpha value is -2.40. The van der Waals surface area contributed by atoms with E-state index in [1.807, 2.05) is 24.3 Å². The number of carbonyl (C=O) groups is 2. The van der Waals surface area contributed by atoms with Crippen molar-refractivity contribution in [3.63, 3.8) is 0 Å². The van der Waals surface area contributed by atoms with E-state index < -0.39 is 5.97 Å². The number of ether oxygens (including phenoxy) is 1. The van der Waals surface area contributed by atoms with Crippen molar-refractivity contribution >= 4 is 27.7 Å². The number of halogens is 1. The minimum absolute atomic E-state index is 0.368. The zero-order chi connectivity index (χ0) is 15.2. The van der Waals surface area contributed by atoms with Crippen LogP contribution < -0.4 is 4.74 Å². The lowest BCUT2D eigenvalue weighted by molar-refractivity contribution is -0.131. The van der Waals surface area contributed by atoms with Gasteiger partial charge in [-0.25, -0.2) is 4.79 Å². The Morgan fingerprint density at radius 3 is 1.95 bits per heavy atom. The van der Waals surface area contributed by atoms with Gasteiger partial charge in [0.05, 0.1) is 0 Å². The van der Waals surface area contributed by atoms with E-state index in [0.717, 1.165) is 16.6 Å². The number of carboxylic acid groups (broad SMARTS) is 1. The lowest BCUT2D eigenvalue weighted by atomic mass is 10.1. The molecule has 21 heavy (non-hydrogen) atoms. The molecule has 5 heteroatoms. The van der Waals surface area contributed by atoms with Gasteiger partial charge in [-0.2, -0.15) is 0 Å². The highest BCUT2D eigenvalue weighted by atomic mass is 79.9. The molecule has 0 aliphatic rings. The normalized spacial score (nSPS) is 10.5. The molecule has 0 aromatic heterocycles. The maximum absolute atomic E-state index is 11.7. The van der Waals surface area contributed by atoms with E-state index >= 15 is 0 Å². The van der Waals surface area contributed by atoms with Crippen LogP contribution in [0.3, 0.4) is 0 Å². The van der Waals surface area contributed by atoms with E-state index in [4.69, 9.17) is 9.84 Å². The zero-order valence-corrected chi connectivity index (χ0v) is 12.4. The number of rotatable bonds is 5. The number of aliphatic carboxylic acids is 1. The average Bonchev–Trinajstić information content (AvgIpc) is 2.48. The van der Waals surface area contributed by atoms with Crippen molar-refractivity contribution in [2.45, 2.75) is 0 Å². The number of ketones is 1. The molecule has 0 aliphatic carbocycles. The first-order valence-electron chi connectivity index (χ1n) is 6.03. The molecule has 4 nitrogen and oxygen atoms in total. The van der Waals surface area contributed by atoms with E-state index in [9.17, 15) is 9.59 Å². The molecule has 0 radical (unpaired) electrons. The van der Waals surface area contributed by atoms with Gasteiger partial charge in [-0.15, -0.1) is 0 Å². The molecule has 0 bridgehead atoms. The van der Waals surface area contributed by atoms with Crippen molar-refractivity contribution in [3.05, 3.63) is 70.7 Å². The van der Waals surface area contributed by atoms with Crippen LogP contribution in [-0.2, 0) is 4.79 Å². The molecule has 0 saturated heterocycles. The third-order valence-electron chi connectivity index (χ3n) is 2.57. The highest BCUT2D eigenvalue weighted by molar-refractivity contribution is 9.10. The molecular formula is C16H11BrO4. The molecule has 0 heterocycles. The molecule has 1 N–H and O–H groups in total. The molecule has 0 spiro atoms. The van der Waals surface area contributed by atoms with Crippen LogP contribution in [0.4, 0.5) is 0 Å². The summed E-state index contributed by atoms with van der Waals surface area (Å²) in [7, 11) is 0. The van der Waals surface area contributed by atoms with Crippen LogP contribution in [0.25, 0.3) is 0 Å². The standard InChI is InChI=1S/C16H11BrO4/c17-12-3-7-14(8-4-12)21-13-5-1-11(2-6-13)15(18)9-10-16(19)20/h1-10H,(H,19,20). The molecule has 0 amide bonds. The summed E-state index contributed by atoms with van der Waals surface area (Å²) in [6, 6.07) is 13.9. The predicted molar refractivity (Wildman–Crippen MR) is 81.8 cm³/mol. The second kappa shape index (κ2) is 6.85. The summed E-state index contributed by atoms with van der Waals surface area (Å²) in [5, 5.41) is 8.47. The Kier molecular flexibility index (Phi) is 4.90. The van der Waals surface area contributed by atoms with Crippen molar-refractivity contribution < 1.29 is 19.4 Å². The Morgan fingerprint density at radius 2 is 1.43 bits per heavy atom. The fraction of sp³-hybridized carbons (Fsp3) is 0. The van der Waals surface area contributed by atoms with Crippen LogP contribution in [0.15, 0.2) is 65.2 Å². The monoisotopic (exact) mass is 346 g/mol. The Labute approximate surface area is 129 Å². The van der Waals surface area contributed by atoms with Gasteiger partial charge >= 0.3 is 5.97 Å². The van der Waals surface area contributed by atoms with E-state index in [-0.39, 0.29) is 5.78 Å². The molecule has 2 rings (SSSR count). The highest BCUT2D eigenvalue weighted by Crippen LogP contribution is 2.23. The molecule has 0 fully saturated rings. The minimum atomic E-state index is -1.15. The molecule has 0 atom stereocenters. The number of allylic oxidation sites excluding steroid dienone is 1. The first kappa shape index (κ1) is 15.0. The summed E-state index contributed by atoms with van der Waals surface area (Å²) in [4.78, 5) is 22.0. The quantitative estimate of drug-likeness (QED) is 0.654. The van der Waals surface area contributed by atoms with Crippen LogP contribution >= 0.6 is 15.9 Å². The zero-order valence-electron chi connectivity index (χ0n) is 10.8. The molecule has 0 unspecified atom stereocenters. The van der Waals surface area contributed by atoms with Gasteiger partial charge < -0.3 is 9.84 Å². The fourth-order valence-electron chi connectivity index (χ4n) is 1.57. The third kappa shape index (κ3) is 4.57. The number of carbonyl (C=O) groups excluding carboxylic acids is 1. The van der Waals surface area contributed by atoms with Gasteiger partial charge in [0.2, 0.25) is 0 Å².